The van der Waals surface area contributed by atoms with Crippen LogP contribution in [0, 0.1) is 0 Å². The van der Waals surface area contributed by atoms with Gasteiger partial charge in [0.15, 0.2) is 0 Å². The number of hydrogen-bond donors (Lipinski definition) is 0. The highest BCUT2D eigenvalue weighted by Crippen LogP contribution is 2.64. The van der Waals surface area contributed by atoms with Gasteiger partial charge in [-0.3, -0.25) is 0 Å². The van der Waals surface area contributed by atoms with Crippen molar-refractivity contribution in [1.29, 1.82) is 0 Å². The first-order chi connectivity index (χ1) is 27.3. The second kappa shape index (κ2) is 11.5. The second-order valence-electron chi connectivity index (χ2n) is 15.1. The monoisotopic (exact) mass is 698 g/mol. The Morgan fingerprint density at radius 2 is 0.927 bits per heavy atom. The Hall–Kier alpha value is -6.96. The minimum atomic E-state index is -0.419. The summed E-state index contributed by atoms with van der Waals surface area (Å²) >= 11 is 0. The third-order valence-electron chi connectivity index (χ3n) is 12.4. The number of hydrogen-bond acceptors (Lipinski definition) is 1. The van der Waals surface area contributed by atoms with Crippen LogP contribution < -0.4 is 0 Å². The van der Waals surface area contributed by atoms with E-state index in [0.29, 0.717) is 0 Å². The first-order valence-corrected chi connectivity index (χ1v) is 19.2. The van der Waals surface area contributed by atoms with Crippen LogP contribution in [0.4, 0.5) is 0 Å². The first kappa shape index (κ1) is 30.5. The molecule has 1 atom stereocenters. The van der Waals surface area contributed by atoms with Crippen molar-refractivity contribution in [2.45, 2.75) is 11.3 Å². The largest absolute Gasteiger partial charge is 0.456 e. The van der Waals surface area contributed by atoms with Crippen molar-refractivity contribution in [2.75, 3.05) is 0 Å². The predicted molar refractivity (Wildman–Crippen MR) is 227 cm³/mol. The normalized spacial score (nSPS) is 13.9. The zero-order valence-electron chi connectivity index (χ0n) is 30.0. The van der Waals surface area contributed by atoms with E-state index in [1.807, 2.05) is 6.07 Å². The van der Waals surface area contributed by atoms with E-state index in [1.165, 1.54) is 83.1 Å². The van der Waals surface area contributed by atoms with Gasteiger partial charge in [0.1, 0.15) is 11.2 Å². The summed E-state index contributed by atoms with van der Waals surface area (Å²) in [6.45, 7) is 0. The van der Waals surface area contributed by atoms with Gasteiger partial charge in [0.05, 0.1) is 5.41 Å². The average molecular weight is 699 g/mol. The summed E-state index contributed by atoms with van der Waals surface area (Å²) in [7, 11) is 0. The van der Waals surface area contributed by atoms with Crippen molar-refractivity contribution in [3.05, 3.63) is 239 Å². The van der Waals surface area contributed by atoms with Crippen LogP contribution in [0.1, 0.15) is 44.9 Å². The molecule has 0 saturated carbocycles. The fourth-order valence-electron chi connectivity index (χ4n) is 10.1. The Balaban J connectivity index is 1.12. The van der Waals surface area contributed by atoms with E-state index in [-0.39, 0.29) is 5.92 Å². The maximum atomic E-state index is 6.48. The molecule has 10 aromatic rings. The highest BCUT2D eigenvalue weighted by atomic mass is 16.3. The summed E-state index contributed by atoms with van der Waals surface area (Å²) < 4.78 is 6.48. The summed E-state index contributed by atoms with van der Waals surface area (Å²) in [6, 6.07) is 74.1. The van der Waals surface area contributed by atoms with Crippen LogP contribution in [0.25, 0.3) is 66.1 Å². The average Bonchev–Trinajstić information content (AvgIpc) is 3.88. The van der Waals surface area contributed by atoms with Crippen molar-refractivity contribution >= 4 is 32.7 Å². The molecule has 2 aliphatic rings. The lowest BCUT2D eigenvalue weighted by molar-refractivity contribution is 0.668. The summed E-state index contributed by atoms with van der Waals surface area (Å²) in [5, 5.41) is 4.88. The van der Waals surface area contributed by atoms with Crippen LogP contribution in [-0.2, 0) is 5.41 Å². The van der Waals surface area contributed by atoms with Gasteiger partial charge in [-0.1, -0.05) is 182 Å². The van der Waals surface area contributed by atoms with Gasteiger partial charge in [0, 0.05) is 16.7 Å². The molecule has 256 valence electrons. The van der Waals surface area contributed by atoms with E-state index in [9.17, 15) is 0 Å². The van der Waals surface area contributed by atoms with E-state index in [4.69, 9.17) is 4.42 Å². The van der Waals surface area contributed by atoms with Crippen LogP contribution in [0.15, 0.2) is 205 Å². The Morgan fingerprint density at radius 1 is 0.345 bits per heavy atom. The molecule has 1 unspecified atom stereocenters. The van der Waals surface area contributed by atoms with Crippen LogP contribution in [0.2, 0.25) is 0 Å². The van der Waals surface area contributed by atoms with E-state index in [2.05, 4.69) is 194 Å². The lowest BCUT2D eigenvalue weighted by Gasteiger charge is -2.31. The van der Waals surface area contributed by atoms with Gasteiger partial charge in [0.2, 0.25) is 0 Å². The Labute approximate surface area is 319 Å². The smallest absolute Gasteiger partial charge is 0.135 e. The molecule has 1 heteroatoms. The van der Waals surface area contributed by atoms with Gasteiger partial charge >= 0.3 is 0 Å². The summed E-state index contributed by atoms with van der Waals surface area (Å²) in [6.07, 6.45) is 0. The Bertz CT molecular complexity index is 3100. The molecule has 0 saturated heterocycles. The topological polar surface area (TPSA) is 13.1 Å². The fraction of sp³-hybridized carbons (Fsp3) is 0.0370. The SMILES string of the molecule is c1ccc(-c2ccc(C(c3ccc4c(c3)-c3ccc5ccccc5c3C43c4ccccc4-c4ccccc43)c3ccc4c(c3)oc3ccccc34)cc2)cc1. The molecule has 0 N–H and O–H groups in total. The second-order valence-corrected chi connectivity index (χ2v) is 15.1. The Kier molecular flexibility index (Phi) is 6.39. The van der Waals surface area contributed by atoms with Gasteiger partial charge in [0.25, 0.3) is 0 Å². The molecule has 0 fully saturated rings. The molecule has 0 bridgehead atoms. The number of para-hydroxylation sites is 1. The van der Waals surface area contributed by atoms with Crippen molar-refractivity contribution < 1.29 is 4.42 Å². The highest BCUT2D eigenvalue weighted by molar-refractivity contribution is 6.06. The minimum absolute atomic E-state index is 0.0173. The lowest BCUT2D eigenvalue weighted by Crippen LogP contribution is -2.26. The van der Waals surface area contributed by atoms with E-state index in [0.717, 1.165) is 21.9 Å². The minimum Gasteiger partial charge on any atom is -0.456 e. The zero-order chi connectivity index (χ0) is 36.1. The molecule has 0 aliphatic heterocycles. The van der Waals surface area contributed by atoms with Gasteiger partial charge in [-0.05, 0) is 101 Å². The van der Waals surface area contributed by atoms with Crippen molar-refractivity contribution in [2.24, 2.45) is 0 Å². The molecule has 0 amide bonds. The first-order valence-electron chi connectivity index (χ1n) is 19.2. The molecule has 1 heterocycles. The maximum Gasteiger partial charge on any atom is 0.135 e. The summed E-state index contributed by atoms with van der Waals surface area (Å²) in [5.74, 6) is -0.0173. The standard InChI is InChI=1S/C54H34O/c1-2-12-34(13-3-1)35-22-24-37(25-23-35)52(39-27-29-44-43-18-8-11-21-50(43)55-51(44)33-39)38-28-31-49-46(32-38)45-30-26-36-14-4-5-15-40(36)53(45)54(49)47-19-9-6-16-41(47)42-17-7-10-20-48(42)54/h1-33,52H. The van der Waals surface area contributed by atoms with Gasteiger partial charge in [-0.25, -0.2) is 0 Å². The predicted octanol–water partition coefficient (Wildman–Crippen LogP) is 13.9. The van der Waals surface area contributed by atoms with Crippen molar-refractivity contribution in [3.63, 3.8) is 0 Å². The van der Waals surface area contributed by atoms with Crippen molar-refractivity contribution in [3.8, 4) is 33.4 Å². The van der Waals surface area contributed by atoms with E-state index in [1.54, 1.807) is 0 Å². The van der Waals surface area contributed by atoms with Gasteiger partial charge in [-0.15, -0.1) is 0 Å². The van der Waals surface area contributed by atoms with E-state index < -0.39 is 5.41 Å². The third-order valence-corrected chi connectivity index (χ3v) is 12.4. The third kappa shape index (κ3) is 4.24. The number of rotatable bonds is 4. The number of furan rings is 1. The zero-order valence-corrected chi connectivity index (χ0v) is 30.0. The number of fused-ring (bicyclic) bond motifs is 15. The molecule has 0 radical (unpaired) electrons. The van der Waals surface area contributed by atoms with Gasteiger partial charge in [-0.2, -0.15) is 0 Å². The molecule has 1 spiro atoms. The molecule has 1 aromatic heterocycles. The number of benzene rings is 9. The van der Waals surface area contributed by atoms with Crippen LogP contribution in [-0.4, -0.2) is 0 Å². The quantitative estimate of drug-likeness (QED) is 0.167. The van der Waals surface area contributed by atoms with Crippen LogP contribution in [0.5, 0.6) is 0 Å². The van der Waals surface area contributed by atoms with Gasteiger partial charge < -0.3 is 4.42 Å². The Morgan fingerprint density at radius 3 is 1.73 bits per heavy atom. The lowest BCUT2D eigenvalue weighted by atomic mass is 9.69. The van der Waals surface area contributed by atoms with Crippen LogP contribution in [0.3, 0.4) is 0 Å². The molecule has 12 rings (SSSR count). The molecule has 1 nitrogen and oxygen atoms in total. The van der Waals surface area contributed by atoms with Crippen molar-refractivity contribution in [1.82, 2.24) is 0 Å². The highest BCUT2D eigenvalue weighted by Gasteiger charge is 2.52. The fourth-order valence-corrected chi connectivity index (χ4v) is 10.1. The molecule has 2 aliphatic carbocycles. The molecular weight excluding hydrogens is 665 g/mol. The summed E-state index contributed by atoms with van der Waals surface area (Å²) in [4.78, 5) is 0. The molecule has 55 heavy (non-hydrogen) atoms. The maximum absolute atomic E-state index is 6.48. The van der Waals surface area contributed by atoms with Crippen LogP contribution >= 0.6 is 0 Å². The molecular formula is C54H34O. The summed E-state index contributed by atoms with van der Waals surface area (Å²) in [5.41, 5.74) is 18.3. The molecule has 9 aromatic carbocycles. The van der Waals surface area contributed by atoms with E-state index >= 15 is 0 Å².